The van der Waals surface area contributed by atoms with Gasteiger partial charge in [-0.05, 0) is 36.5 Å². The molecule has 1 N–H and O–H groups in total. The monoisotopic (exact) mass is 281 g/mol. The van der Waals surface area contributed by atoms with Crippen molar-refractivity contribution in [3.05, 3.63) is 0 Å². The van der Waals surface area contributed by atoms with E-state index < -0.39 is 5.97 Å². The fraction of sp³-hybridized carbons (Fsp3) is 0.875. The number of piperidine rings is 1. The molecule has 1 heterocycles. The molecule has 1 saturated carbocycles. The molecule has 4 heteroatoms. The van der Waals surface area contributed by atoms with Crippen molar-refractivity contribution in [3.63, 3.8) is 0 Å². The molecule has 1 atom stereocenters. The summed E-state index contributed by atoms with van der Waals surface area (Å²) in [6.45, 7) is 9.43. The number of carboxylic acids is 1. The zero-order chi connectivity index (χ0) is 15.1. The van der Waals surface area contributed by atoms with E-state index in [0.29, 0.717) is 6.42 Å². The summed E-state index contributed by atoms with van der Waals surface area (Å²) in [4.78, 5) is 25.6. The molecule has 0 aromatic rings. The summed E-state index contributed by atoms with van der Waals surface area (Å²) in [6, 6.07) is 0.125. The third kappa shape index (κ3) is 2.45. The zero-order valence-corrected chi connectivity index (χ0v) is 13.1. The molecule has 0 spiro atoms. The van der Waals surface area contributed by atoms with Crippen LogP contribution in [0.25, 0.3) is 0 Å². The highest BCUT2D eigenvalue weighted by atomic mass is 16.4. The molecule has 0 aromatic heterocycles. The minimum atomic E-state index is -0.768. The van der Waals surface area contributed by atoms with Crippen LogP contribution in [0.5, 0.6) is 0 Å². The Kier molecular flexibility index (Phi) is 3.87. The minimum Gasteiger partial charge on any atom is -0.481 e. The van der Waals surface area contributed by atoms with Gasteiger partial charge in [-0.3, -0.25) is 9.59 Å². The Morgan fingerprint density at radius 1 is 1.15 bits per heavy atom. The van der Waals surface area contributed by atoms with Crippen LogP contribution in [0.1, 0.15) is 59.8 Å². The number of hydrogen-bond donors (Lipinski definition) is 1. The summed E-state index contributed by atoms with van der Waals surface area (Å²) in [5.74, 6) is -0.439. The summed E-state index contributed by atoms with van der Waals surface area (Å²) in [6.07, 6.45) is 3.85. The van der Waals surface area contributed by atoms with Crippen molar-refractivity contribution in [2.45, 2.75) is 65.8 Å². The standard InChI is InChI=1S/C16H27NO3/c1-15(2)13(16(15,3)4)14(20)17-10-6-5-7-11(17)8-9-12(18)19/h11,13H,5-10H2,1-4H3,(H,18,19). The molecule has 0 bridgehead atoms. The smallest absolute Gasteiger partial charge is 0.303 e. The van der Waals surface area contributed by atoms with Crippen molar-refractivity contribution >= 4 is 11.9 Å². The molecule has 1 amide bonds. The zero-order valence-electron chi connectivity index (χ0n) is 13.1. The number of carbonyl (C=O) groups is 2. The highest BCUT2D eigenvalue weighted by Gasteiger charge is 2.69. The first-order valence-corrected chi connectivity index (χ1v) is 7.72. The molecule has 0 aromatic carbocycles. The Labute approximate surface area is 121 Å². The van der Waals surface area contributed by atoms with Gasteiger partial charge in [0.05, 0.1) is 0 Å². The first kappa shape index (κ1) is 15.3. The lowest BCUT2D eigenvalue weighted by Gasteiger charge is -2.36. The van der Waals surface area contributed by atoms with Gasteiger partial charge in [-0.25, -0.2) is 0 Å². The van der Waals surface area contributed by atoms with Gasteiger partial charge in [0.2, 0.25) is 5.91 Å². The predicted octanol–water partition coefficient (Wildman–Crippen LogP) is 2.91. The second-order valence-corrected chi connectivity index (χ2v) is 7.49. The van der Waals surface area contributed by atoms with Gasteiger partial charge >= 0.3 is 5.97 Å². The van der Waals surface area contributed by atoms with E-state index in [1.165, 1.54) is 0 Å². The molecule has 114 valence electrons. The Bertz CT molecular complexity index is 400. The van der Waals surface area contributed by atoms with Gasteiger partial charge in [0, 0.05) is 24.9 Å². The molecule has 4 nitrogen and oxygen atoms in total. The lowest BCUT2D eigenvalue weighted by Crippen LogP contribution is -2.45. The molecule has 2 fully saturated rings. The summed E-state index contributed by atoms with van der Waals surface area (Å²) in [5.41, 5.74) is 0.109. The number of amides is 1. The van der Waals surface area contributed by atoms with Gasteiger partial charge in [0.25, 0.3) is 0 Å². The Morgan fingerprint density at radius 2 is 1.75 bits per heavy atom. The summed E-state index contributed by atoms with van der Waals surface area (Å²) >= 11 is 0. The van der Waals surface area contributed by atoms with Crippen molar-refractivity contribution in [1.29, 1.82) is 0 Å². The normalized spacial score (nSPS) is 28.2. The maximum absolute atomic E-state index is 12.8. The topological polar surface area (TPSA) is 57.6 Å². The number of likely N-dealkylation sites (tertiary alicyclic amines) is 1. The van der Waals surface area contributed by atoms with Crippen molar-refractivity contribution in [2.75, 3.05) is 6.54 Å². The van der Waals surface area contributed by atoms with Gasteiger partial charge in [-0.15, -0.1) is 0 Å². The molecule has 0 radical (unpaired) electrons. The lowest BCUT2D eigenvalue weighted by molar-refractivity contribution is -0.141. The molecule has 1 unspecified atom stereocenters. The van der Waals surface area contributed by atoms with Crippen LogP contribution < -0.4 is 0 Å². The molecule has 1 aliphatic carbocycles. The van der Waals surface area contributed by atoms with Crippen molar-refractivity contribution in [3.8, 4) is 0 Å². The second-order valence-electron chi connectivity index (χ2n) is 7.49. The van der Waals surface area contributed by atoms with E-state index >= 15 is 0 Å². The highest BCUT2D eigenvalue weighted by Crippen LogP contribution is 2.69. The van der Waals surface area contributed by atoms with Crippen LogP contribution in [0.2, 0.25) is 0 Å². The SMILES string of the molecule is CC1(C)C(C(=O)N2CCCCC2CCC(=O)O)C1(C)C. The number of rotatable bonds is 4. The van der Waals surface area contributed by atoms with Crippen LogP contribution in [0.3, 0.4) is 0 Å². The van der Waals surface area contributed by atoms with E-state index in [1.807, 2.05) is 4.90 Å². The van der Waals surface area contributed by atoms with Gasteiger partial charge < -0.3 is 10.0 Å². The van der Waals surface area contributed by atoms with Crippen LogP contribution in [0.15, 0.2) is 0 Å². The maximum Gasteiger partial charge on any atom is 0.303 e. The lowest BCUT2D eigenvalue weighted by atomic mass is 9.96. The van der Waals surface area contributed by atoms with Gasteiger partial charge in [-0.2, -0.15) is 0 Å². The van der Waals surface area contributed by atoms with Crippen molar-refractivity contribution < 1.29 is 14.7 Å². The molecule has 2 rings (SSSR count). The quantitative estimate of drug-likeness (QED) is 0.862. The summed E-state index contributed by atoms with van der Waals surface area (Å²) < 4.78 is 0. The molecule has 1 aliphatic heterocycles. The van der Waals surface area contributed by atoms with Crippen LogP contribution in [-0.4, -0.2) is 34.5 Å². The van der Waals surface area contributed by atoms with E-state index in [1.54, 1.807) is 0 Å². The largest absolute Gasteiger partial charge is 0.481 e. The number of carbonyl (C=O) groups excluding carboxylic acids is 1. The second kappa shape index (κ2) is 5.05. The predicted molar refractivity (Wildman–Crippen MR) is 77.3 cm³/mol. The van der Waals surface area contributed by atoms with Crippen molar-refractivity contribution in [1.82, 2.24) is 4.90 Å². The van der Waals surface area contributed by atoms with E-state index in [2.05, 4.69) is 27.7 Å². The molecule has 2 aliphatic rings. The van der Waals surface area contributed by atoms with Crippen molar-refractivity contribution in [2.24, 2.45) is 16.7 Å². The highest BCUT2D eigenvalue weighted by molar-refractivity contribution is 5.84. The molecule has 1 saturated heterocycles. The molecule has 20 heavy (non-hydrogen) atoms. The van der Waals surface area contributed by atoms with Gasteiger partial charge in [-0.1, -0.05) is 27.7 Å². The Morgan fingerprint density at radius 3 is 2.25 bits per heavy atom. The van der Waals surface area contributed by atoms with Crippen LogP contribution >= 0.6 is 0 Å². The van der Waals surface area contributed by atoms with E-state index in [4.69, 9.17) is 5.11 Å². The maximum atomic E-state index is 12.8. The minimum absolute atomic E-state index is 0.0544. The first-order valence-electron chi connectivity index (χ1n) is 7.72. The average molecular weight is 281 g/mol. The fourth-order valence-corrected chi connectivity index (χ4v) is 3.86. The Hall–Kier alpha value is -1.06. The third-order valence-corrected chi connectivity index (χ3v) is 5.87. The van der Waals surface area contributed by atoms with E-state index in [9.17, 15) is 9.59 Å². The number of nitrogens with zero attached hydrogens (tertiary/aromatic N) is 1. The third-order valence-electron chi connectivity index (χ3n) is 5.87. The summed E-state index contributed by atoms with van der Waals surface area (Å²) in [7, 11) is 0. The van der Waals surface area contributed by atoms with Crippen LogP contribution in [0.4, 0.5) is 0 Å². The number of carboxylic acid groups (broad SMARTS) is 1. The van der Waals surface area contributed by atoms with Crippen LogP contribution in [0, 0.1) is 16.7 Å². The van der Waals surface area contributed by atoms with E-state index in [-0.39, 0.29) is 35.1 Å². The van der Waals surface area contributed by atoms with Gasteiger partial charge in [0.15, 0.2) is 0 Å². The van der Waals surface area contributed by atoms with Crippen LogP contribution in [-0.2, 0) is 9.59 Å². The average Bonchev–Trinajstić information content (AvgIpc) is 2.77. The number of aliphatic carboxylic acids is 1. The molecular formula is C16H27NO3. The van der Waals surface area contributed by atoms with E-state index in [0.717, 1.165) is 25.8 Å². The summed E-state index contributed by atoms with van der Waals surface area (Å²) in [5, 5.41) is 8.85. The van der Waals surface area contributed by atoms with Gasteiger partial charge in [0.1, 0.15) is 0 Å². The first-order chi connectivity index (χ1) is 9.19. The molecular weight excluding hydrogens is 254 g/mol. The Balaban J connectivity index is 2.05. The fourth-order valence-electron chi connectivity index (χ4n) is 3.86. The number of hydrogen-bond acceptors (Lipinski definition) is 2.